The van der Waals surface area contributed by atoms with Gasteiger partial charge in [-0.2, -0.15) is 0 Å². The molecule has 2 aromatic heterocycles. The largest absolute Gasteiger partial charge is 0.290 e. The molecule has 0 aliphatic heterocycles. The van der Waals surface area contributed by atoms with E-state index in [-0.39, 0.29) is 0 Å². The van der Waals surface area contributed by atoms with Gasteiger partial charge in [-0.3, -0.25) is 4.40 Å². The van der Waals surface area contributed by atoms with Gasteiger partial charge in [0, 0.05) is 18.0 Å². The Kier molecular flexibility index (Phi) is 1.35. The minimum atomic E-state index is 0.961. The zero-order valence-electron chi connectivity index (χ0n) is 6.28. The minimum Gasteiger partial charge on any atom is -0.290 e. The summed E-state index contributed by atoms with van der Waals surface area (Å²) in [6, 6.07) is 0. The van der Waals surface area contributed by atoms with Gasteiger partial charge in [-0.05, 0) is 6.42 Å². The number of hydrogen-bond donors (Lipinski definition) is 0. The smallest absolute Gasteiger partial charge is 0.143 e. The van der Waals surface area contributed by atoms with Crippen LogP contribution in [-0.4, -0.2) is 14.4 Å². The quantitative estimate of drug-likeness (QED) is 0.603. The van der Waals surface area contributed by atoms with Gasteiger partial charge in [0.1, 0.15) is 18.2 Å². The summed E-state index contributed by atoms with van der Waals surface area (Å²) < 4.78 is 1.87. The Morgan fingerprint density at radius 3 is 3.36 bits per heavy atom. The van der Waals surface area contributed by atoms with Crippen LogP contribution in [0.1, 0.15) is 12.5 Å². The van der Waals surface area contributed by atoms with Crippen molar-refractivity contribution in [3.05, 3.63) is 30.5 Å². The van der Waals surface area contributed by atoms with E-state index in [9.17, 15) is 0 Å². The molecule has 2 heterocycles. The molecule has 11 heavy (non-hydrogen) atoms. The lowest BCUT2D eigenvalue weighted by Crippen LogP contribution is -1.91. The predicted octanol–water partition coefficient (Wildman–Crippen LogP) is 1.09. The van der Waals surface area contributed by atoms with Crippen molar-refractivity contribution in [3.8, 4) is 0 Å². The fraction of sp³-hybridized carbons (Fsp3) is 0.250. The lowest BCUT2D eigenvalue weighted by Gasteiger charge is -1.96. The summed E-state index contributed by atoms with van der Waals surface area (Å²) in [5.41, 5.74) is 2.12. The van der Waals surface area contributed by atoms with E-state index in [2.05, 4.69) is 23.1 Å². The normalized spacial score (nSPS) is 10.6. The maximum Gasteiger partial charge on any atom is 0.143 e. The summed E-state index contributed by atoms with van der Waals surface area (Å²) in [6.45, 7) is 2.09. The summed E-state index contributed by atoms with van der Waals surface area (Å²) in [4.78, 5) is 8.15. The van der Waals surface area contributed by atoms with Crippen molar-refractivity contribution in [1.82, 2.24) is 14.4 Å². The highest BCUT2D eigenvalue weighted by Gasteiger charge is 1.98. The highest BCUT2D eigenvalue weighted by atomic mass is 15.0. The maximum absolute atomic E-state index is 4.09. The van der Waals surface area contributed by atoms with E-state index in [1.807, 2.05) is 10.6 Å². The summed E-state index contributed by atoms with van der Waals surface area (Å²) in [5, 5.41) is 0. The molecule has 0 atom stereocenters. The summed E-state index contributed by atoms with van der Waals surface area (Å²) in [5.74, 6) is 0. The zero-order chi connectivity index (χ0) is 7.68. The van der Waals surface area contributed by atoms with Crippen LogP contribution >= 0.6 is 0 Å². The number of fused-ring (bicyclic) bond motifs is 1. The van der Waals surface area contributed by atoms with Gasteiger partial charge in [0.25, 0.3) is 0 Å². The van der Waals surface area contributed by atoms with E-state index >= 15 is 0 Å². The molecule has 0 N–H and O–H groups in total. The number of aromatic nitrogens is 3. The van der Waals surface area contributed by atoms with E-state index < -0.39 is 0 Å². The van der Waals surface area contributed by atoms with Crippen molar-refractivity contribution in [2.45, 2.75) is 13.3 Å². The Balaban J connectivity index is 2.79. The first-order chi connectivity index (χ1) is 5.42. The zero-order valence-corrected chi connectivity index (χ0v) is 6.28. The Hall–Kier alpha value is -1.38. The fourth-order valence-corrected chi connectivity index (χ4v) is 1.10. The fourth-order valence-electron chi connectivity index (χ4n) is 1.10. The van der Waals surface area contributed by atoms with Crippen molar-refractivity contribution in [3.63, 3.8) is 0 Å². The molecule has 3 nitrogen and oxygen atoms in total. The first kappa shape index (κ1) is 6.34. The van der Waals surface area contributed by atoms with Crippen LogP contribution in [0.25, 0.3) is 5.65 Å². The molecular formula is C8H8N3. The van der Waals surface area contributed by atoms with Gasteiger partial charge in [-0.25, -0.2) is 9.97 Å². The molecule has 0 aromatic carbocycles. The second-order valence-corrected chi connectivity index (χ2v) is 2.37. The molecule has 0 fully saturated rings. The molecule has 3 heteroatoms. The molecule has 1 radical (unpaired) electrons. The highest BCUT2D eigenvalue weighted by molar-refractivity contribution is 5.45. The standard InChI is InChI=1S/C8H8N3/c1-2-7-5-9-6-11-4-3-10-8(7)11/h4-6H,2H2,1H3. The lowest BCUT2D eigenvalue weighted by molar-refractivity contribution is 1.02. The van der Waals surface area contributed by atoms with Gasteiger partial charge >= 0.3 is 0 Å². The molecular weight excluding hydrogens is 138 g/mol. The average Bonchev–Trinajstić information content (AvgIpc) is 2.50. The van der Waals surface area contributed by atoms with E-state index in [1.54, 1.807) is 12.5 Å². The van der Waals surface area contributed by atoms with Crippen LogP contribution in [0, 0.1) is 6.20 Å². The highest BCUT2D eigenvalue weighted by Crippen LogP contribution is 2.05. The minimum absolute atomic E-state index is 0.961. The van der Waals surface area contributed by atoms with Crippen LogP contribution in [0.2, 0.25) is 0 Å². The van der Waals surface area contributed by atoms with Crippen LogP contribution < -0.4 is 0 Å². The van der Waals surface area contributed by atoms with Gasteiger partial charge in [-0.1, -0.05) is 6.92 Å². The van der Waals surface area contributed by atoms with Crippen molar-refractivity contribution in [2.75, 3.05) is 0 Å². The van der Waals surface area contributed by atoms with E-state index in [4.69, 9.17) is 0 Å². The molecule has 2 aromatic rings. The van der Waals surface area contributed by atoms with Gasteiger partial charge in [0.2, 0.25) is 0 Å². The Bertz CT molecular complexity index is 364. The third-order valence-corrected chi connectivity index (χ3v) is 1.70. The molecule has 55 valence electrons. The van der Waals surface area contributed by atoms with Gasteiger partial charge in [0.05, 0.1) is 0 Å². The Labute approximate surface area is 64.7 Å². The first-order valence-electron chi connectivity index (χ1n) is 3.59. The van der Waals surface area contributed by atoms with Crippen LogP contribution in [0.5, 0.6) is 0 Å². The van der Waals surface area contributed by atoms with Crippen LogP contribution in [0.4, 0.5) is 0 Å². The predicted molar refractivity (Wildman–Crippen MR) is 41.2 cm³/mol. The van der Waals surface area contributed by atoms with E-state index in [1.165, 1.54) is 0 Å². The number of imidazole rings is 1. The molecule has 0 bridgehead atoms. The van der Waals surface area contributed by atoms with Crippen LogP contribution in [-0.2, 0) is 6.42 Å². The van der Waals surface area contributed by atoms with Gasteiger partial charge in [-0.15, -0.1) is 0 Å². The molecule has 0 unspecified atom stereocenters. The van der Waals surface area contributed by atoms with Crippen LogP contribution in [0.3, 0.4) is 0 Å². The molecule has 2 rings (SSSR count). The molecule has 0 aliphatic rings. The van der Waals surface area contributed by atoms with Gasteiger partial charge in [0.15, 0.2) is 0 Å². The topological polar surface area (TPSA) is 30.2 Å². The number of aryl methyl sites for hydroxylation is 1. The molecule has 0 saturated heterocycles. The first-order valence-corrected chi connectivity index (χ1v) is 3.59. The number of nitrogens with zero attached hydrogens (tertiary/aromatic N) is 3. The Morgan fingerprint density at radius 2 is 2.55 bits per heavy atom. The van der Waals surface area contributed by atoms with E-state index in [0.29, 0.717) is 0 Å². The third kappa shape index (κ3) is 0.888. The summed E-state index contributed by atoms with van der Waals surface area (Å²) in [7, 11) is 0. The molecule has 0 aliphatic carbocycles. The summed E-state index contributed by atoms with van der Waals surface area (Å²) in [6.07, 6.45) is 9.10. The van der Waals surface area contributed by atoms with Crippen molar-refractivity contribution >= 4 is 5.65 Å². The third-order valence-electron chi connectivity index (χ3n) is 1.70. The molecule has 0 amide bonds. The molecule has 0 spiro atoms. The summed E-state index contributed by atoms with van der Waals surface area (Å²) >= 11 is 0. The second-order valence-electron chi connectivity index (χ2n) is 2.37. The van der Waals surface area contributed by atoms with Crippen molar-refractivity contribution < 1.29 is 0 Å². The van der Waals surface area contributed by atoms with Crippen molar-refractivity contribution in [1.29, 1.82) is 0 Å². The Morgan fingerprint density at radius 1 is 1.64 bits per heavy atom. The lowest BCUT2D eigenvalue weighted by atomic mass is 10.2. The molecule has 0 saturated carbocycles. The van der Waals surface area contributed by atoms with Crippen LogP contribution in [0.15, 0.2) is 18.7 Å². The maximum atomic E-state index is 4.09. The number of hydrogen-bond acceptors (Lipinski definition) is 2. The average molecular weight is 146 g/mol. The second kappa shape index (κ2) is 2.34. The number of rotatable bonds is 1. The monoisotopic (exact) mass is 146 g/mol. The van der Waals surface area contributed by atoms with Gasteiger partial charge < -0.3 is 0 Å². The SMILES string of the molecule is CCc1cncn2c[c]nc12. The van der Waals surface area contributed by atoms with E-state index in [0.717, 1.165) is 17.6 Å². The van der Waals surface area contributed by atoms with Crippen molar-refractivity contribution in [2.24, 2.45) is 0 Å².